The molecule has 0 spiro atoms. The van der Waals surface area contributed by atoms with Crippen molar-refractivity contribution in [2.45, 2.75) is 6.92 Å². The highest BCUT2D eigenvalue weighted by Crippen LogP contribution is 2.13. The van der Waals surface area contributed by atoms with Crippen LogP contribution in [0.1, 0.15) is 5.69 Å². The molecule has 2 rings (SSSR count). The van der Waals surface area contributed by atoms with Gasteiger partial charge in [-0.3, -0.25) is 9.36 Å². The van der Waals surface area contributed by atoms with Crippen LogP contribution >= 0.6 is 0 Å². The van der Waals surface area contributed by atoms with Crippen LogP contribution in [0.2, 0.25) is 0 Å². The fourth-order valence-electron chi connectivity index (χ4n) is 1.63. The average Bonchev–Trinajstić information content (AvgIpc) is 2.23. The number of rotatable bonds is 1. The Morgan fingerprint density at radius 1 is 1.12 bits per heavy atom. The molecule has 17 heavy (non-hydrogen) atoms. The maximum Gasteiger partial charge on any atom is 0.278 e. The van der Waals surface area contributed by atoms with E-state index >= 15 is 0 Å². The van der Waals surface area contributed by atoms with Crippen molar-refractivity contribution in [1.29, 1.82) is 0 Å². The number of aromatic nitrogens is 1. The number of aryl methyl sites for hydroxylation is 1. The molecule has 2 N–H and O–H groups in total. The first kappa shape index (κ1) is 11.3. The first-order valence-electron chi connectivity index (χ1n) is 4.93. The SMILES string of the molecule is Cc1ccc(N)c(=O)n1-c1cc(F)cc(F)c1. The summed E-state index contributed by atoms with van der Waals surface area (Å²) in [5.41, 5.74) is 5.69. The predicted molar refractivity (Wildman–Crippen MR) is 61.1 cm³/mol. The van der Waals surface area contributed by atoms with Crippen LogP contribution in [0.5, 0.6) is 0 Å². The minimum absolute atomic E-state index is 0.0280. The van der Waals surface area contributed by atoms with Crippen LogP contribution in [0.3, 0.4) is 0 Å². The van der Waals surface area contributed by atoms with Gasteiger partial charge in [0, 0.05) is 11.8 Å². The molecule has 0 bridgehead atoms. The van der Waals surface area contributed by atoms with Gasteiger partial charge in [0.15, 0.2) is 0 Å². The molecule has 3 nitrogen and oxygen atoms in total. The van der Waals surface area contributed by atoms with Crippen molar-refractivity contribution in [2.24, 2.45) is 0 Å². The highest BCUT2D eigenvalue weighted by Gasteiger charge is 2.08. The van der Waals surface area contributed by atoms with E-state index in [4.69, 9.17) is 5.73 Å². The van der Waals surface area contributed by atoms with Crippen LogP contribution in [-0.4, -0.2) is 4.57 Å². The zero-order valence-corrected chi connectivity index (χ0v) is 9.08. The maximum absolute atomic E-state index is 13.1. The molecule has 0 aliphatic carbocycles. The summed E-state index contributed by atoms with van der Waals surface area (Å²) in [6.07, 6.45) is 0. The normalized spacial score (nSPS) is 10.5. The topological polar surface area (TPSA) is 48.0 Å². The lowest BCUT2D eigenvalue weighted by molar-refractivity contribution is 0.581. The van der Waals surface area contributed by atoms with Gasteiger partial charge in [0.05, 0.1) is 11.4 Å². The van der Waals surface area contributed by atoms with Crippen molar-refractivity contribution >= 4 is 5.69 Å². The molecule has 0 saturated carbocycles. The molecule has 0 atom stereocenters. The first-order valence-corrected chi connectivity index (χ1v) is 4.93. The van der Waals surface area contributed by atoms with Crippen LogP contribution < -0.4 is 11.3 Å². The first-order chi connectivity index (χ1) is 7.99. The van der Waals surface area contributed by atoms with Crippen LogP contribution in [0, 0.1) is 18.6 Å². The summed E-state index contributed by atoms with van der Waals surface area (Å²) in [5.74, 6) is -1.48. The molecule has 2 aromatic rings. The second kappa shape index (κ2) is 4.01. The molecule has 0 unspecified atom stereocenters. The average molecular weight is 236 g/mol. The lowest BCUT2D eigenvalue weighted by Crippen LogP contribution is -2.23. The Bertz CT molecular complexity index is 615. The van der Waals surface area contributed by atoms with Gasteiger partial charge in [-0.2, -0.15) is 0 Å². The molecule has 0 saturated heterocycles. The summed E-state index contributed by atoms with van der Waals surface area (Å²) >= 11 is 0. The van der Waals surface area contributed by atoms with Crippen LogP contribution in [0.15, 0.2) is 35.1 Å². The van der Waals surface area contributed by atoms with Crippen molar-refractivity contribution in [3.8, 4) is 5.69 Å². The van der Waals surface area contributed by atoms with Crippen LogP contribution in [0.25, 0.3) is 5.69 Å². The number of nitrogens with zero attached hydrogens (tertiary/aromatic N) is 1. The minimum Gasteiger partial charge on any atom is -0.394 e. The van der Waals surface area contributed by atoms with Gasteiger partial charge in [0.1, 0.15) is 11.6 Å². The van der Waals surface area contributed by atoms with E-state index in [2.05, 4.69) is 0 Å². The second-order valence-electron chi connectivity index (χ2n) is 3.70. The van der Waals surface area contributed by atoms with E-state index in [-0.39, 0.29) is 11.4 Å². The summed E-state index contributed by atoms with van der Waals surface area (Å²) in [4.78, 5) is 11.8. The third kappa shape index (κ3) is 2.04. The maximum atomic E-state index is 13.1. The van der Waals surface area contributed by atoms with E-state index in [9.17, 15) is 13.6 Å². The smallest absolute Gasteiger partial charge is 0.278 e. The number of benzene rings is 1. The van der Waals surface area contributed by atoms with Gasteiger partial charge in [-0.15, -0.1) is 0 Å². The number of nitrogens with two attached hydrogens (primary N) is 1. The van der Waals surface area contributed by atoms with E-state index in [1.165, 1.54) is 10.6 Å². The van der Waals surface area contributed by atoms with Gasteiger partial charge >= 0.3 is 0 Å². The van der Waals surface area contributed by atoms with Gasteiger partial charge in [0.2, 0.25) is 0 Å². The Kier molecular flexibility index (Phi) is 2.67. The predicted octanol–water partition coefficient (Wildman–Crippen LogP) is 2.01. The summed E-state index contributed by atoms with van der Waals surface area (Å²) in [6.45, 7) is 1.66. The Hall–Kier alpha value is -2.17. The van der Waals surface area contributed by atoms with Gasteiger partial charge in [-0.25, -0.2) is 8.78 Å². The van der Waals surface area contributed by atoms with Crippen molar-refractivity contribution in [3.63, 3.8) is 0 Å². The molecule has 0 amide bonds. The molecule has 0 aliphatic rings. The van der Waals surface area contributed by atoms with Gasteiger partial charge < -0.3 is 5.73 Å². The quantitative estimate of drug-likeness (QED) is 0.823. The minimum atomic E-state index is -0.742. The zero-order chi connectivity index (χ0) is 12.6. The third-order valence-electron chi connectivity index (χ3n) is 2.41. The molecule has 0 aliphatic heterocycles. The Morgan fingerprint density at radius 3 is 2.29 bits per heavy atom. The molecule has 5 heteroatoms. The molecular formula is C12H10F2N2O. The second-order valence-corrected chi connectivity index (χ2v) is 3.70. The summed E-state index contributed by atoms with van der Waals surface area (Å²) in [5, 5.41) is 0. The Balaban J connectivity index is 2.76. The monoisotopic (exact) mass is 236 g/mol. The van der Waals surface area contributed by atoms with Crippen molar-refractivity contribution in [3.05, 3.63) is 58.0 Å². The summed E-state index contributed by atoms with van der Waals surface area (Å²) in [7, 11) is 0. The molecule has 0 radical (unpaired) electrons. The fraction of sp³-hybridized carbons (Fsp3) is 0.0833. The van der Waals surface area contributed by atoms with Gasteiger partial charge in [-0.05, 0) is 31.2 Å². The highest BCUT2D eigenvalue weighted by atomic mass is 19.1. The number of pyridine rings is 1. The molecule has 1 aromatic carbocycles. The van der Waals surface area contributed by atoms with Gasteiger partial charge in [-0.1, -0.05) is 0 Å². The van der Waals surface area contributed by atoms with Crippen molar-refractivity contribution in [1.82, 2.24) is 4.57 Å². The zero-order valence-electron chi connectivity index (χ0n) is 9.08. The number of nitrogen functional groups attached to an aromatic ring is 1. The summed E-state index contributed by atoms with van der Waals surface area (Å²) < 4.78 is 27.4. The highest BCUT2D eigenvalue weighted by molar-refractivity contribution is 5.42. The van der Waals surface area contributed by atoms with Crippen LogP contribution in [-0.2, 0) is 0 Å². The Labute approximate surface area is 96.1 Å². The standard InChI is InChI=1S/C12H10F2N2O/c1-7-2-3-11(15)12(17)16(7)10-5-8(13)4-9(14)6-10/h2-6H,15H2,1H3. The largest absolute Gasteiger partial charge is 0.394 e. The lowest BCUT2D eigenvalue weighted by Gasteiger charge is -2.10. The number of hydrogen-bond donors (Lipinski definition) is 1. The molecule has 88 valence electrons. The Morgan fingerprint density at radius 2 is 1.71 bits per heavy atom. The fourth-order valence-corrected chi connectivity index (χ4v) is 1.63. The van der Waals surface area contributed by atoms with Crippen LogP contribution in [0.4, 0.5) is 14.5 Å². The third-order valence-corrected chi connectivity index (χ3v) is 2.41. The molecule has 0 fully saturated rings. The summed E-state index contributed by atoms with van der Waals surface area (Å²) in [6, 6.07) is 5.98. The van der Waals surface area contributed by atoms with E-state index in [1.807, 2.05) is 0 Å². The number of anilines is 1. The lowest BCUT2D eigenvalue weighted by atomic mass is 10.2. The molecule has 1 aromatic heterocycles. The van der Waals surface area contributed by atoms with E-state index in [1.54, 1.807) is 13.0 Å². The molecular weight excluding hydrogens is 226 g/mol. The van der Waals surface area contributed by atoms with Gasteiger partial charge in [0.25, 0.3) is 5.56 Å². The van der Waals surface area contributed by atoms with Crippen molar-refractivity contribution < 1.29 is 8.78 Å². The van der Waals surface area contributed by atoms with E-state index < -0.39 is 17.2 Å². The van der Waals surface area contributed by atoms with Crippen molar-refractivity contribution in [2.75, 3.05) is 5.73 Å². The van der Waals surface area contributed by atoms with E-state index in [0.717, 1.165) is 18.2 Å². The molecule has 1 heterocycles. The van der Waals surface area contributed by atoms with E-state index in [0.29, 0.717) is 5.69 Å². The number of hydrogen-bond acceptors (Lipinski definition) is 2. The number of halogens is 2.